The second-order valence-electron chi connectivity index (χ2n) is 6.17. The number of aromatic amines is 1. The third kappa shape index (κ3) is 3.48. The molecule has 0 saturated carbocycles. The van der Waals surface area contributed by atoms with Gasteiger partial charge in [-0.05, 0) is 59.9 Å². The number of thioether (sulfide) groups is 1. The average molecular weight is 422 g/mol. The zero-order valence-corrected chi connectivity index (χ0v) is 16.5. The van der Waals surface area contributed by atoms with Gasteiger partial charge in [0, 0.05) is 7.50 Å². The Morgan fingerprint density at radius 3 is 2.66 bits per heavy atom. The Labute approximate surface area is 175 Å². The van der Waals surface area contributed by atoms with E-state index >= 15 is 0 Å². The van der Waals surface area contributed by atoms with Crippen molar-refractivity contribution in [2.24, 2.45) is 0 Å². The minimum atomic E-state index is -0.353. The smallest absolute Gasteiger partial charge is 0.298 e. The highest BCUT2D eigenvalue weighted by Crippen LogP contribution is 2.36. The Morgan fingerprint density at radius 2 is 1.83 bits per heavy atom. The van der Waals surface area contributed by atoms with Crippen LogP contribution in [-0.2, 0) is 4.79 Å². The standard InChI is InChI=1S/C21H13N3O3S2.H2/c25-19-17(28-21(26)24(19)13-6-2-1-3-7-13)12-14-10-11-18(27-14)29-20-22-15-8-4-5-9-16(15)23-20;/h1-12H,(H,22,23);1H/b17-12-;. The largest absolute Gasteiger partial charge is 0.450 e. The van der Waals surface area contributed by atoms with Crippen LogP contribution in [0.2, 0.25) is 0 Å². The van der Waals surface area contributed by atoms with Gasteiger partial charge in [-0.3, -0.25) is 9.59 Å². The van der Waals surface area contributed by atoms with Crippen LogP contribution in [0.15, 0.2) is 86.3 Å². The number of nitrogens with one attached hydrogen (secondary N) is 1. The van der Waals surface area contributed by atoms with Crippen molar-refractivity contribution in [2.75, 3.05) is 4.90 Å². The van der Waals surface area contributed by atoms with E-state index in [0.717, 1.165) is 28.0 Å². The van der Waals surface area contributed by atoms with E-state index in [4.69, 9.17) is 4.42 Å². The minimum Gasteiger partial charge on any atom is -0.450 e. The van der Waals surface area contributed by atoms with Crippen molar-refractivity contribution in [3.05, 3.63) is 77.4 Å². The van der Waals surface area contributed by atoms with Gasteiger partial charge in [-0.25, -0.2) is 9.88 Å². The number of benzene rings is 2. The maximum Gasteiger partial charge on any atom is 0.298 e. The van der Waals surface area contributed by atoms with Crippen molar-refractivity contribution in [1.82, 2.24) is 9.97 Å². The van der Waals surface area contributed by atoms with Crippen molar-refractivity contribution in [3.8, 4) is 0 Å². The number of rotatable bonds is 4. The van der Waals surface area contributed by atoms with E-state index in [0.29, 0.717) is 21.4 Å². The topological polar surface area (TPSA) is 79.2 Å². The zero-order chi connectivity index (χ0) is 19.8. The molecule has 8 heteroatoms. The van der Waals surface area contributed by atoms with Gasteiger partial charge in [0.1, 0.15) is 5.76 Å². The van der Waals surface area contributed by atoms with E-state index in [-0.39, 0.29) is 12.6 Å². The highest BCUT2D eigenvalue weighted by atomic mass is 32.2. The summed E-state index contributed by atoms with van der Waals surface area (Å²) < 4.78 is 5.80. The first-order valence-corrected chi connectivity index (χ1v) is 10.4. The molecule has 5 rings (SSSR count). The minimum absolute atomic E-state index is 0. The summed E-state index contributed by atoms with van der Waals surface area (Å²) in [6.45, 7) is 0. The number of para-hydroxylation sites is 3. The van der Waals surface area contributed by atoms with Crippen LogP contribution in [0, 0.1) is 0 Å². The molecule has 4 aromatic rings. The number of carbonyl (C=O) groups is 2. The number of nitrogens with zero attached hydrogens (tertiary/aromatic N) is 2. The van der Waals surface area contributed by atoms with Crippen molar-refractivity contribution in [2.45, 2.75) is 10.2 Å². The molecule has 1 N–H and O–H groups in total. The molecule has 0 spiro atoms. The van der Waals surface area contributed by atoms with Gasteiger partial charge in [0.15, 0.2) is 10.2 Å². The van der Waals surface area contributed by atoms with Crippen LogP contribution in [0.5, 0.6) is 0 Å². The number of hydrogen-bond acceptors (Lipinski definition) is 6. The molecule has 3 heterocycles. The molecule has 1 aliphatic rings. The number of imidazole rings is 1. The molecule has 2 aromatic heterocycles. The van der Waals surface area contributed by atoms with Gasteiger partial charge in [0.2, 0.25) is 0 Å². The van der Waals surface area contributed by atoms with Crippen LogP contribution in [-0.4, -0.2) is 21.1 Å². The maximum absolute atomic E-state index is 12.7. The van der Waals surface area contributed by atoms with Crippen molar-refractivity contribution < 1.29 is 15.4 Å². The molecule has 0 radical (unpaired) electrons. The first-order valence-electron chi connectivity index (χ1n) is 8.73. The number of hydrogen-bond donors (Lipinski definition) is 1. The third-order valence-corrected chi connectivity index (χ3v) is 5.93. The van der Waals surface area contributed by atoms with Crippen LogP contribution in [0.25, 0.3) is 17.1 Å². The van der Waals surface area contributed by atoms with Crippen LogP contribution in [0.3, 0.4) is 0 Å². The summed E-state index contributed by atoms with van der Waals surface area (Å²) in [7, 11) is 0. The predicted octanol–water partition coefficient (Wildman–Crippen LogP) is 5.79. The molecular formula is C21H15N3O3S2. The monoisotopic (exact) mass is 421 g/mol. The normalized spacial score (nSPS) is 15.7. The molecule has 1 aliphatic heterocycles. The van der Waals surface area contributed by atoms with Gasteiger partial charge >= 0.3 is 0 Å². The lowest BCUT2D eigenvalue weighted by atomic mass is 10.3. The molecule has 1 fully saturated rings. The Bertz CT molecular complexity index is 1230. The first-order chi connectivity index (χ1) is 14.2. The van der Waals surface area contributed by atoms with E-state index in [1.165, 1.54) is 16.7 Å². The quantitative estimate of drug-likeness (QED) is 0.420. The van der Waals surface area contributed by atoms with Gasteiger partial charge in [0.25, 0.3) is 11.1 Å². The van der Waals surface area contributed by atoms with E-state index in [1.807, 2.05) is 36.4 Å². The number of fused-ring (bicyclic) bond motifs is 1. The van der Waals surface area contributed by atoms with Crippen LogP contribution in [0.4, 0.5) is 10.5 Å². The Balaban J connectivity index is 0.00000218. The molecule has 2 amide bonds. The first kappa shape index (κ1) is 17.8. The fourth-order valence-electron chi connectivity index (χ4n) is 2.94. The zero-order valence-electron chi connectivity index (χ0n) is 14.9. The summed E-state index contributed by atoms with van der Waals surface area (Å²) in [4.78, 5) is 34.2. The Morgan fingerprint density at radius 1 is 1.03 bits per heavy atom. The van der Waals surface area contributed by atoms with Crippen molar-refractivity contribution in [1.29, 1.82) is 0 Å². The molecule has 0 unspecified atom stereocenters. The van der Waals surface area contributed by atoms with Gasteiger partial charge in [-0.15, -0.1) is 0 Å². The van der Waals surface area contributed by atoms with E-state index in [1.54, 1.807) is 36.4 Å². The predicted molar refractivity (Wildman–Crippen MR) is 116 cm³/mol. The summed E-state index contributed by atoms with van der Waals surface area (Å²) in [5.74, 6) is 0.149. The number of H-pyrrole nitrogens is 1. The molecule has 144 valence electrons. The SMILES string of the molecule is O=C1S/C(=C\c2ccc(Sc3nc4ccccc4[nH]3)o2)C(=O)N1c1ccccc1.[HH]. The van der Waals surface area contributed by atoms with E-state index in [9.17, 15) is 9.59 Å². The molecule has 0 bridgehead atoms. The lowest BCUT2D eigenvalue weighted by Crippen LogP contribution is -2.27. The van der Waals surface area contributed by atoms with Gasteiger partial charge < -0.3 is 9.40 Å². The Kier molecular flexibility index (Phi) is 4.49. The van der Waals surface area contributed by atoms with Crippen molar-refractivity contribution in [3.63, 3.8) is 0 Å². The third-order valence-electron chi connectivity index (χ3n) is 4.25. The fraction of sp³-hybridized carbons (Fsp3) is 0. The molecule has 1 saturated heterocycles. The van der Waals surface area contributed by atoms with E-state index in [2.05, 4.69) is 9.97 Å². The van der Waals surface area contributed by atoms with Gasteiger partial charge in [0.05, 0.1) is 21.6 Å². The van der Waals surface area contributed by atoms with Crippen molar-refractivity contribution >= 4 is 57.5 Å². The van der Waals surface area contributed by atoms with E-state index < -0.39 is 0 Å². The lowest BCUT2D eigenvalue weighted by Gasteiger charge is -2.11. The average Bonchev–Trinajstić information content (AvgIpc) is 3.41. The highest BCUT2D eigenvalue weighted by Gasteiger charge is 2.36. The number of aromatic nitrogens is 2. The number of furan rings is 1. The summed E-state index contributed by atoms with van der Waals surface area (Å²) in [6, 6.07) is 20.2. The van der Waals surface area contributed by atoms with Crippen LogP contribution < -0.4 is 4.90 Å². The molecule has 29 heavy (non-hydrogen) atoms. The lowest BCUT2D eigenvalue weighted by molar-refractivity contribution is -0.113. The molecule has 0 aliphatic carbocycles. The number of carbonyl (C=O) groups excluding carboxylic acids is 2. The fourth-order valence-corrected chi connectivity index (χ4v) is 4.53. The number of amides is 2. The van der Waals surface area contributed by atoms with Crippen LogP contribution in [0.1, 0.15) is 7.19 Å². The second-order valence-corrected chi connectivity index (χ2v) is 8.16. The molecular weight excluding hydrogens is 406 g/mol. The van der Waals surface area contributed by atoms with Crippen LogP contribution >= 0.6 is 23.5 Å². The summed E-state index contributed by atoms with van der Waals surface area (Å²) >= 11 is 2.26. The van der Waals surface area contributed by atoms with Gasteiger partial charge in [-0.1, -0.05) is 30.3 Å². The summed E-state index contributed by atoms with van der Waals surface area (Å²) in [5, 5.41) is 1.03. The number of anilines is 1. The Hall–Kier alpha value is -3.23. The van der Waals surface area contributed by atoms with Gasteiger partial charge in [-0.2, -0.15) is 0 Å². The second kappa shape index (κ2) is 7.31. The molecule has 6 nitrogen and oxygen atoms in total. The molecule has 0 atom stereocenters. The molecule has 2 aromatic carbocycles. The maximum atomic E-state index is 12.7. The number of imide groups is 1. The summed E-state index contributed by atoms with van der Waals surface area (Å²) in [5.41, 5.74) is 2.40. The highest BCUT2D eigenvalue weighted by molar-refractivity contribution is 8.19. The summed E-state index contributed by atoms with van der Waals surface area (Å²) in [6.07, 6.45) is 1.59.